The molecule has 6 nitrogen and oxygen atoms in total. The molecule has 0 aromatic carbocycles. The molecule has 2 aliphatic rings. The first-order chi connectivity index (χ1) is 14.6. The fourth-order valence-corrected chi connectivity index (χ4v) is 4.89. The number of nitrogens with zero attached hydrogens (tertiary/aromatic N) is 4. The Morgan fingerprint density at radius 3 is 2.43 bits per heavy atom. The van der Waals surface area contributed by atoms with Gasteiger partial charge in [0.2, 0.25) is 5.91 Å². The van der Waals surface area contributed by atoms with Crippen LogP contribution in [0.5, 0.6) is 0 Å². The van der Waals surface area contributed by atoms with E-state index in [0.29, 0.717) is 30.5 Å². The maximum atomic E-state index is 12.9. The van der Waals surface area contributed by atoms with Gasteiger partial charge in [-0.2, -0.15) is 0 Å². The molecule has 1 amide bonds. The summed E-state index contributed by atoms with van der Waals surface area (Å²) in [6.45, 7) is 6.84. The standard InChI is InChI=1S/C24H33N5O/c1-18-7-5-8-19(2)29(18)24(30)17-28-15-12-20(13-16-28)21-9-6-11-23(26-21)27-22-10-3-4-14-25-22/h3-4,6,9-11,14,18-20H,5,7-8,12-13,15-17H2,1-2H3,(H,25,26,27)/t18-,19-/m1/s1. The number of likely N-dealkylation sites (tertiary alicyclic amines) is 2. The van der Waals surface area contributed by atoms with Crippen LogP contribution in [0, 0.1) is 0 Å². The van der Waals surface area contributed by atoms with Crippen molar-refractivity contribution in [3.05, 3.63) is 48.3 Å². The van der Waals surface area contributed by atoms with E-state index in [2.05, 4.69) is 46.1 Å². The van der Waals surface area contributed by atoms with Crippen LogP contribution in [0.15, 0.2) is 42.6 Å². The van der Waals surface area contributed by atoms with Gasteiger partial charge in [0.25, 0.3) is 0 Å². The Morgan fingerprint density at radius 2 is 1.73 bits per heavy atom. The van der Waals surface area contributed by atoms with E-state index in [0.717, 1.165) is 56.1 Å². The second-order valence-electron chi connectivity index (χ2n) is 8.77. The SMILES string of the molecule is C[C@@H]1CCC[C@@H](C)N1C(=O)CN1CCC(c2cccc(Nc3ccccn3)n2)CC1. The van der Waals surface area contributed by atoms with Crippen molar-refractivity contribution in [1.29, 1.82) is 0 Å². The molecule has 0 aliphatic carbocycles. The Morgan fingerprint density at radius 1 is 1.00 bits per heavy atom. The summed E-state index contributed by atoms with van der Waals surface area (Å²) < 4.78 is 0. The zero-order chi connectivity index (χ0) is 20.9. The van der Waals surface area contributed by atoms with Crippen LogP contribution >= 0.6 is 0 Å². The van der Waals surface area contributed by atoms with E-state index in [1.54, 1.807) is 6.20 Å². The van der Waals surface area contributed by atoms with Crippen molar-refractivity contribution in [2.75, 3.05) is 25.0 Å². The highest BCUT2D eigenvalue weighted by molar-refractivity contribution is 5.79. The van der Waals surface area contributed by atoms with E-state index < -0.39 is 0 Å². The summed E-state index contributed by atoms with van der Waals surface area (Å²) in [6.07, 6.45) is 7.35. The maximum Gasteiger partial charge on any atom is 0.237 e. The average Bonchev–Trinajstić information content (AvgIpc) is 2.75. The van der Waals surface area contributed by atoms with Crippen molar-refractivity contribution >= 4 is 17.5 Å². The fourth-order valence-electron chi connectivity index (χ4n) is 4.89. The molecule has 2 fully saturated rings. The predicted molar refractivity (Wildman–Crippen MR) is 120 cm³/mol. The highest BCUT2D eigenvalue weighted by Gasteiger charge is 2.31. The van der Waals surface area contributed by atoms with Gasteiger partial charge in [-0.25, -0.2) is 9.97 Å². The average molecular weight is 408 g/mol. The minimum atomic E-state index is 0.299. The molecule has 160 valence electrons. The molecule has 0 saturated carbocycles. The molecule has 30 heavy (non-hydrogen) atoms. The van der Waals surface area contributed by atoms with Crippen LogP contribution in [-0.4, -0.2) is 57.4 Å². The highest BCUT2D eigenvalue weighted by atomic mass is 16.2. The van der Waals surface area contributed by atoms with Gasteiger partial charge in [0.1, 0.15) is 11.6 Å². The Labute approximate surface area is 179 Å². The van der Waals surface area contributed by atoms with Gasteiger partial charge in [-0.15, -0.1) is 0 Å². The van der Waals surface area contributed by atoms with E-state index in [1.807, 2.05) is 24.3 Å². The lowest BCUT2D eigenvalue weighted by Crippen LogP contribution is -2.51. The van der Waals surface area contributed by atoms with Gasteiger partial charge in [0.15, 0.2) is 0 Å². The quantitative estimate of drug-likeness (QED) is 0.805. The lowest BCUT2D eigenvalue weighted by atomic mass is 9.93. The van der Waals surface area contributed by atoms with Crippen molar-refractivity contribution in [1.82, 2.24) is 19.8 Å². The van der Waals surface area contributed by atoms with E-state index in [4.69, 9.17) is 4.98 Å². The number of anilines is 2. The van der Waals surface area contributed by atoms with Gasteiger partial charge in [0, 0.05) is 29.9 Å². The number of carbonyl (C=O) groups excluding carboxylic acids is 1. The smallest absolute Gasteiger partial charge is 0.237 e. The lowest BCUT2D eigenvalue weighted by molar-refractivity contribution is -0.138. The van der Waals surface area contributed by atoms with Crippen LogP contribution in [-0.2, 0) is 4.79 Å². The maximum absolute atomic E-state index is 12.9. The number of hydrogen-bond donors (Lipinski definition) is 1. The largest absolute Gasteiger partial charge is 0.336 e. The van der Waals surface area contributed by atoms with Crippen molar-refractivity contribution in [2.45, 2.75) is 64.0 Å². The topological polar surface area (TPSA) is 61.4 Å². The molecule has 2 saturated heterocycles. The summed E-state index contributed by atoms with van der Waals surface area (Å²) >= 11 is 0. The number of rotatable bonds is 5. The van der Waals surface area contributed by atoms with Crippen molar-refractivity contribution in [3.63, 3.8) is 0 Å². The monoisotopic (exact) mass is 407 g/mol. The first kappa shape index (κ1) is 20.8. The molecule has 2 aliphatic heterocycles. The van der Waals surface area contributed by atoms with Crippen LogP contribution in [0.2, 0.25) is 0 Å². The molecule has 0 bridgehead atoms. The molecular weight excluding hydrogens is 374 g/mol. The predicted octanol–water partition coefficient (Wildman–Crippen LogP) is 4.19. The molecule has 2 atom stereocenters. The van der Waals surface area contributed by atoms with E-state index in [1.165, 1.54) is 6.42 Å². The Balaban J connectivity index is 1.31. The Hall–Kier alpha value is -2.47. The second-order valence-corrected chi connectivity index (χ2v) is 8.77. The van der Waals surface area contributed by atoms with E-state index in [-0.39, 0.29) is 0 Å². The zero-order valence-corrected chi connectivity index (χ0v) is 18.1. The summed E-state index contributed by atoms with van der Waals surface area (Å²) in [5.41, 5.74) is 1.13. The molecule has 0 radical (unpaired) electrons. The molecule has 1 N–H and O–H groups in total. The number of pyridine rings is 2. The molecule has 0 spiro atoms. The summed E-state index contributed by atoms with van der Waals surface area (Å²) in [7, 11) is 0. The summed E-state index contributed by atoms with van der Waals surface area (Å²) in [4.78, 5) is 26.5. The van der Waals surface area contributed by atoms with Crippen LogP contribution in [0.25, 0.3) is 0 Å². The zero-order valence-electron chi connectivity index (χ0n) is 18.1. The fraction of sp³-hybridized carbons (Fsp3) is 0.542. The molecule has 4 heterocycles. The molecule has 6 heteroatoms. The van der Waals surface area contributed by atoms with Gasteiger partial charge < -0.3 is 10.2 Å². The molecule has 0 unspecified atom stereocenters. The highest BCUT2D eigenvalue weighted by Crippen LogP contribution is 2.28. The molecule has 2 aromatic rings. The molecule has 2 aromatic heterocycles. The Bertz CT molecular complexity index is 824. The second kappa shape index (κ2) is 9.56. The minimum absolute atomic E-state index is 0.299. The van der Waals surface area contributed by atoms with Gasteiger partial charge >= 0.3 is 0 Å². The van der Waals surface area contributed by atoms with Gasteiger partial charge in [-0.3, -0.25) is 9.69 Å². The number of carbonyl (C=O) groups is 1. The summed E-state index contributed by atoms with van der Waals surface area (Å²) in [5, 5.41) is 3.28. The van der Waals surface area contributed by atoms with Crippen LogP contribution in [0.4, 0.5) is 11.6 Å². The van der Waals surface area contributed by atoms with Gasteiger partial charge in [-0.1, -0.05) is 12.1 Å². The number of piperidine rings is 2. The van der Waals surface area contributed by atoms with E-state index in [9.17, 15) is 4.79 Å². The van der Waals surface area contributed by atoms with Crippen LogP contribution < -0.4 is 5.32 Å². The number of hydrogen-bond acceptors (Lipinski definition) is 5. The van der Waals surface area contributed by atoms with Crippen LogP contribution in [0.3, 0.4) is 0 Å². The normalized spacial score (nSPS) is 23.3. The van der Waals surface area contributed by atoms with Crippen LogP contribution in [0.1, 0.15) is 57.6 Å². The van der Waals surface area contributed by atoms with E-state index >= 15 is 0 Å². The minimum Gasteiger partial charge on any atom is -0.336 e. The third-order valence-electron chi connectivity index (χ3n) is 6.54. The van der Waals surface area contributed by atoms with Crippen molar-refractivity contribution < 1.29 is 4.79 Å². The summed E-state index contributed by atoms with van der Waals surface area (Å²) in [5.74, 6) is 2.37. The first-order valence-corrected chi connectivity index (χ1v) is 11.3. The van der Waals surface area contributed by atoms with Crippen molar-refractivity contribution in [2.24, 2.45) is 0 Å². The molecular formula is C24H33N5O. The summed E-state index contributed by atoms with van der Waals surface area (Å²) in [6, 6.07) is 12.7. The lowest BCUT2D eigenvalue weighted by Gasteiger charge is -2.41. The first-order valence-electron chi connectivity index (χ1n) is 11.3. The van der Waals surface area contributed by atoms with Gasteiger partial charge in [0.05, 0.1) is 6.54 Å². The Kier molecular flexibility index (Phi) is 6.62. The third kappa shape index (κ3) is 4.98. The third-order valence-corrected chi connectivity index (χ3v) is 6.54. The number of nitrogens with one attached hydrogen (secondary N) is 1. The number of aromatic nitrogens is 2. The van der Waals surface area contributed by atoms with Gasteiger partial charge in [-0.05, 0) is 83.3 Å². The van der Waals surface area contributed by atoms with Crippen molar-refractivity contribution in [3.8, 4) is 0 Å². The number of amides is 1. The molecule has 4 rings (SSSR count).